The van der Waals surface area contributed by atoms with E-state index in [1.54, 1.807) is 7.11 Å². The third-order valence-electron chi connectivity index (χ3n) is 5.47. The van der Waals surface area contributed by atoms with Gasteiger partial charge in [-0.25, -0.2) is 0 Å². The Balaban J connectivity index is 1.38. The Morgan fingerprint density at radius 3 is 2.73 bits per heavy atom. The molecule has 0 aliphatic carbocycles. The molecule has 6 nitrogen and oxygen atoms in total. The van der Waals surface area contributed by atoms with E-state index in [-0.39, 0.29) is 5.56 Å². The van der Waals surface area contributed by atoms with Crippen LogP contribution in [0.5, 0.6) is 5.75 Å². The molecule has 140 valence electrons. The Hall–Kier alpha value is -1.89. The van der Waals surface area contributed by atoms with Gasteiger partial charge in [0.25, 0.3) is 5.56 Å². The predicted octanol–water partition coefficient (Wildman–Crippen LogP) is 1.83. The molecule has 2 aromatic rings. The van der Waals surface area contributed by atoms with Gasteiger partial charge in [0, 0.05) is 57.5 Å². The van der Waals surface area contributed by atoms with Crippen LogP contribution >= 0.6 is 0 Å². The molecule has 6 heteroatoms. The number of H-pyrrole nitrogens is 1. The molecule has 1 unspecified atom stereocenters. The van der Waals surface area contributed by atoms with Gasteiger partial charge in [-0.05, 0) is 36.4 Å². The Bertz CT molecular complexity index is 806. The number of hydrogen-bond donors (Lipinski definition) is 1. The lowest BCUT2D eigenvalue weighted by Gasteiger charge is -2.35. The van der Waals surface area contributed by atoms with Crippen LogP contribution < -0.4 is 10.3 Å². The number of rotatable bonds is 5. The highest BCUT2D eigenvalue weighted by Crippen LogP contribution is 2.19. The number of nitrogens with one attached hydrogen (secondary N) is 1. The van der Waals surface area contributed by atoms with Crippen molar-refractivity contribution in [2.24, 2.45) is 0 Å². The first kappa shape index (κ1) is 17.5. The number of piperazine rings is 1. The smallest absolute Gasteiger partial charge is 0.252 e. The molecule has 26 heavy (non-hydrogen) atoms. The van der Waals surface area contributed by atoms with E-state index < -0.39 is 0 Å². The van der Waals surface area contributed by atoms with Gasteiger partial charge in [-0.15, -0.1) is 0 Å². The lowest BCUT2D eigenvalue weighted by atomic mass is 10.1. The summed E-state index contributed by atoms with van der Waals surface area (Å²) in [5.74, 6) is 0.753. The second-order valence-electron chi connectivity index (χ2n) is 7.29. The Morgan fingerprint density at radius 2 is 2.00 bits per heavy atom. The lowest BCUT2D eigenvalue weighted by molar-refractivity contribution is 0.0489. The molecule has 2 aliphatic rings. The molecule has 1 atom stereocenters. The van der Waals surface area contributed by atoms with Gasteiger partial charge >= 0.3 is 0 Å². The first-order valence-electron chi connectivity index (χ1n) is 9.47. The first-order valence-corrected chi connectivity index (χ1v) is 9.47. The second-order valence-corrected chi connectivity index (χ2v) is 7.29. The van der Waals surface area contributed by atoms with Crippen molar-refractivity contribution in [3.05, 3.63) is 40.2 Å². The molecule has 0 saturated carbocycles. The summed E-state index contributed by atoms with van der Waals surface area (Å²) in [4.78, 5) is 20.3. The minimum atomic E-state index is -0.00691. The van der Waals surface area contributed by atoms with E-state index in [1.165, 1.54) is 12.8 Å². The number of hydrogen-bond acceptors (Lipinski definition) is 5. The maximum atomic E-state index is 12.5. The number of ether oxygens (including phenoxy) is 2. The van der Waals surface area contributed by atoms with Gasteiger partial charge in [0.1, 0.15) is 5.75 Å². The molecule has 1 aromatic carbocycles. The molecular weight excluding hydrogens is 330 g/mol. The van der Waals surface area contributed by atoms with Gasteiger partial charge in [0.05, 0.1) is 18.7 Å². The highest BCUT2D eigenvalue weighted by molar-refractivity contribution is 5.80. The van der Waals surface area contributed by atoms with Crippen LogP contribution in [-0.4, -0.2) is 67.3 Å². The number of aromatic nitrogens is 1. The van der Waals surface area contributed by atoms with Crippen molar-refractivity contribution in [3.8, 4) is 5.75 Å². The molecule has 0 radical (unpaired) electrons. The van der Waals surface area contributed by atoms with Crippen molar-refractivity contribution in [2.75, 3.05) is 46.4 Å². The number of nitrogens with zero attached hydrogens (tertiary/aromatic N) is 2. The predicted molar refractivity (Wildman–Crippen MR) is 102 cm³/mol. The third kappa shape index (κ3) is 3.92. The molecule has 2 aliphatic heterocycles. The SMILES string of the molecule is COc1ccc2cc(CN3CCN(CC4CCCO4)CC3)c(=O)[nH]c2c1. The maximum Gasteiger partial charge on any atom is 0.252 e. The average Bonchev–Trinajstić information content (AvgIpc) is 3.16. The van der Waals surface area contributed by atoms with Gasteiger partial charge in [-0.1, -0.05) is 0 Å². The highest BCUT2D eigenvalue weighted by Gasteiger charge is 2.23. The summed E-state index contributed by atoms with van der Waals surface area (Å²) in [6.07, 6.45) is 2.81. The fourth-order valence-electron chi connectivity index (χ4n) is 3.92. The van der Waals surface area contributed by atoms with Crippen LogP contribution in [0.3, 0.4) is 0 Å². The summed E-state index contributed by atoms with van der Waals surface area (Å²) >= 11 is 0. The van der Waals surface area contributed by atoms with Gasteiger partial charge in [0.15, 0.2) is 0 Å². The zero-order valence-electron chi connectivity index (χ0n) is 15.4. The molecule has 3 heterocycles. The van der Waals surface area contributed by atoms with Crippen LogP contribution in [0.2, 0.25) is 0 Å². The monoisotopic (exact) mass is 357 g/mol. The largest absolute Gasteiger partial charge is 0.497 e. The molecule has 0 bridgehead atoms. The van der Waals surface area contributed by atoms with Gasteiger partial charge in [-0.3, -0.25) is 14.6 Å². The van der Waals surface area contributed by atoms with E-state index in [0.717, 1.165) is 61.5 Å². The number of pyridine rings is 1. The van der Waals surface area contributed by atoms with E-state index in [4.69, 9.17) is 9.47 Å². The molecule has 1 N–H and O–H groups in total. The van der Waals surface area contributed by atoms with Crippen molar-refractivity contribution < 1.29 is 9.47 Å². The topological polar surface area (TPSA) is 57.8 Å². The van der Waals surface area contributed by atoms with Crippen LogP contribution in [0.1, 0.15) is 18.4 Å². The third-order valence-corrected chi connectivity index (χ3v) is 5.47. The van der Waals surface area contributed by atoms with Gasteiger partial charge in [0.2, 0.25) is 0 Å². The van der Waals surface area contributed by atoms with E-state index in [0.29, 0.717) is 12.6 Å². The number of aromatic amines is 1. The summed E-state index contributed by atoms with van der Waals surface area (Å²) in [6, 6.07) is 7.79. The van der Waals surface area contributed by atoms with E-state index >= 15 is 0 Å². The van der Waals surface area contributed by atoms with Crippen molar-refractivity contribution in [2.45, 2.75) is 25.5 Å². The molecule has 2 fully saturated rings. The van der Waals surface area contributed by atoms with E-state index in [9.17, 15) is 4.79 Å². The van der Waals surface area contributed by atoms with Crippen LogP contribution in [0.15, 0.2) is 29.1 Å². The van der Waals surface area contributed by atoms with Crippen LogP contribution in [0, 0.1) is 0 Å². The van der Waals surface area contributed by atoms with Gasteiger partial charge in [-0.2, -0.15) is 0 Å². The van der Waals surface area contributed by atoms with Gasteiger partial charge < -0.3 is 14.5 Å². The first-order chi connectivity index (χ1) is 12.7. The van der Waals surface area contributed by atoms with Crippen molar-refractivity contribution in [1.82, 2.24) is 14.8 Å². The van der Waals surface area contributed by atoms with E-state index in [2.05, 4.69) is 14.8 Å². The molecular formula is C20H27N3O3. The maximum absolute atomic E-state index is 12.5. The molecule has 0 spiro atoms. The Kier molecular flexibility index (Phi) is 5.24. The van der Waals surface area contributed by atoms with E-state index in [1.807, 2.05) is 24.3 Å². The zero-order valence-corrected chi connectivity index (χ0v) is 15.4. The summed E-state index contributed by atoms with van der Waals surface area (Å²) in [6.45, 7) is 6.74. The van der Waals surface area contributed by atoms with Crippen LogP contribution in [0.4, 0.5) is 0 Å². The summed E-state index contributed by atoms with van der Waals surface area (Å²) in [5.41, 5.74) is 1.64. The fourth-order valence-corrected chi connectivity index (χ4v) is 3.92. The number of benzene rings is 1. The Labute approximate surface area is 153 Å². The second kappa shape index (κ2) is 7.78. The Morgan fingerprint density at radius 1 is 1.19 bits per heavy atom. The summed E-state index contributed by atoms with van der Waals surface area (Å²) < 4.78 is 11.0. The van der Waals surface area contributed by atoms with Crippen molar-refractivity contribution in [3.63, 3.8) is 0 Å². The average molecular weight is 357 g/mol. The normalized spacial score (nSPS) is 22.1. The quantitative estimate of drug-likeness (QED) is 0.885. The number of fused-ring (bicyclic) bond motifs is 1. The summed E-state index contributed by atoms with van der Waals surface area (Å²) in [5, 5.41) is 1.04. The lowest BCUT2D eigenvalue weighted by Crippen LogP contribution is -2.48. The number of methoxy groups -OCH3 is 1. The van der Waals surface area contributed by atoms with Crippen molar-refractivity contribution >= 4 is 10.9 Å². The summed E-state index contributed by atoms with van der Waals surface area (Å²) in [7, 11) is 1.63. The fraction of sp³-hybridized carbons (Fsp3) is 0.550. The molecule has 0 amide bonds. The minimum absolute atomic E-state index is 0.00691. The minimum Gasteiger partial charge on any atom is -0.497 e. The zero-order chi connectivity index (χ0) is 17.9. The highest BCUT2D eigenvalue weighted by atomic mass is 16.5. The van der Waals surface area contributed by atoms with Crippen LogP contribution in [0.25, 0.3) is 10.9 Å². The standard InChI is InChI=1S/C20H27N3O3/c1-25-17-5-4-15-11-16(20(24)21-19(15)12-17)13-22-6-8-23(9-7-22)14-18-3-2-10-26-18/h4-5,11-12,18H,2-3,6-10,13-14H2,1H3,(H,21,24). The molecule has 1 aromatic heterocycles. The van der Waals surface area contributed by atoms with Crippen molar-refractivity contribution in [1.29, 1.82) is 0 Å². The molecule has 4 rings (SSSR count). The van der Waals surface area contributed by atoms with Crippen LogP contribution in [-0.2, 0) is 11.3 Å². The molecule has 2 saturated heterocycles.